The number of aliphatic carboxylic acids is 1. The van der Waals surface area contributed by atoms with Crippen LogP contribution in [-0.4, -0.2) is 30.2 Å². The zero-order valence-electron chi connectivity index (χ0n) is 10.2. The van der Waals surface area contributed by atoms with Crippen LogP contribution in [0.15, 0.2) is 18.2 Å². The van der Waals surface area contributed by atoms with Gasteiger partial charge >= 0.3 is 5.97 Å². The molecular formula is C12H15NO5. The van der Waals surface area contributed by atoms with Crippen LogP contribution in [-0.2, 0) is 4.79 Å². The van der Waals surface area contributed by atoms with E-state index in [0.29, 0.717) is 12.2 Å². The highest BCUT2D eigenvalue weighted by atomic mass is 16.5. The Bertz CT molecular complexity index is 458. The molecule has 1 atom stereocenters. The van der Waals surface area contributed by atoms with Crippen molar-refractivity contribution in [2.24, 2.45) is 5.73 Å². The molecule has 1 amide bonds. The number of primary amides is 1. The van der Waals surface area contributed by atoms with Crippen LogP contribution in [0.4, 0.5) is 0 Å². The molecule has 0 aliphatic rings. The highest BCUT2D eigenvalue weighted by molar-refractivity contribution is 5.93. The normalized spacial score (nSPS) is 11.7. The van der Waals surface area contributed by atoms with E-state index in [1.165, 1.54) is 25.3 Å². The van der Waals surface area contributed by atoms with Gasteiger partial charge in [0.05, 0.1) is 7.11 Å². The minimum Gasteiger partial charge on any atom is -0.497 e. The molecule has 0 aliphatic heterocycles. The molecule has 0 heterocycles. The zero-order chi connectivity index (χ0) is 13.7. The van der Waals surface area contributed by atoms with E-state index in [1.54, 1.807) is 6.92 Å². The minimum absolute atomic E-state index is 0.199. The van der Waals surface area contributed by atoms with Crippen molar-refractivity contribution in [3.05, 3.63) is 23.8 Å². The van der Waals surface area contributed by atoms with Crippen LogP contribution in [0.25, 0.3) is 0 Å². The molecule has 98 valence electrons. The Morgan fingerprint density at radius 1 is 1.33 bits per heavy atom. The first-order chi connectivity index (χ1) is 8.47. The predicted molar refractivity (Wildman–Crippen MR) is 63.9 cm³/mol. The van der Waals surface area contributed by atoms with E-state index in [2.05, 4.69) is 0 Å². The maximum Gasteiger partial charge on any atom is 0.344 e. The van der Waals surface area contributed by atoms with Crippen molar-refractivity contribution in [1.82, 2.24) is 0 Å². The molecule has 0 fully saturated rings. The van der Waals surface area contributed by atoms with Gasteiger partial charge in [-0.25, -0.2) is 4.79 Å². The fourth-order valence-electron chi connectivity index (χ4n) is 1.37. The van der Waals surface area contributed by atoms with Crippen LogP contribution in [0.3, 0.4) is 0 Å². The summed E-state index contributed by atoms with van der Waals surface area (Å²) in [6.07, 6.45) is -0.670. The molecule has 0 saturated carbocycles. The van der Waals surface area contributed by atoms with Gasteiger partial charge in [0.15, 0.2) is 6.10 Å². The molecule has 0 spiro atoms. The number of carboxylic acids is 1. The molecule has 6 heteroatoms. The summed E-state index contributed by atoms with van der Waals surface area (Å²) in [5.74, 6) is -1.10. The zero-order valence-corrected chi connectivity index (χ0v) is 10.2. The molecule has 18 heavy (non-hydrogen) atoms. The molecule has 0 bridgehead atoms. The molecule has 0 radical (unpaired) electrons. The van der Waals surface area contributed by atoms with Gasteiger partial charge in [0.25, 0.3) is 0 Å². The van der Waals surface area contributed by atoms with E-state index in [-0.39, 0.29) is 11.3 Å². The van der Waals surface area contributed by atoms with Crippen molar-refractivity contribution in [1.29, 1.82) is 0 Å². The number of hydrogen-bond acceptors (Lipinski definition) is 4. The third-order valence-corrected chi connectivity index (χ3v) is 2.32. The van der Waals surface area contributed by atoms with Gasteiger partial charge in [0, 0.05) is 11.6 Å². The largest absolute Gasteiger partial charge is 0.497 e. The second kappa shape index (κ2) is 5.90. The summed E-state index contributed by atoms with van der Waals surface area (Å²) in [6, 6.07) is 4.34. The van der Waals surface area contributed by atoms with Gasteiger partial charge < -0.3 is 20.3 Å². The smallest absolute Gasteiger partial charge is 0.344 e. The molecule has 1 unspecified atom stereocenters. The predicted octanol–water partition coefficient (Wildman–Crippen LogP) is 1.04. The lowest BCUT2D eigenvalue weighted by Gasteiger charge is -2.14. The monoisotopic (exact) mass is 253 g/mol. The lowest BCUT2D eigenvalue weighted by Crippen LogP contribution is -2.26. The molecule has 1 aromatic carbocycles. The van der Waals surface area contributed by atoms with Crippen molar-refractivity contribution >= 4 is 11.9 Å². The second-order valence-corrected chi connectivity index (χ2v) is 3.61. The maximum atomic E-state index is 11.1. The molecule has 0 aromatic heterocycles. The summed E-state index contributed by atoms with van der Waals surface area (Å²) in [5.41, 5.74) is 5.36. The van der Waals surface area contributed by atoms with Crippen LogP contribution in [0.5, 0.6) is 11.5 Å². The third kappa shape index (κ3) is 3.38. The SMILES string of the molecule is CCC(Oc1cc(OC)cc(C(N)=O)c1)C(=O)O. The summed E-state index contributed by atoms with van der Waals surface area (Å²) < 4.78 is 10.3. The Labute approximate surface area is 104 Å². The molecule has 3 N–H and O–H groups in total. The van der Waals surface area contributed by atoms with Gasteiger partial charge in [0.2, 0.25) is 5.91 Å². The molecule has 0 aliphatic carbocycles. The number of methoxy groups -OCH3 is 1. The van der Waals surface area contributed by atoms with Gasteiger partial charge in [-0.1, -0.05) is 6.92 Å². The van der Waals surface area contributed by atoms with E-state index in [0.717, 1.165) is 0 Å². The lowest BCUT2D eigenvalue weighted by molar-refractivity contribution is -0.145. The van der Waals surface area contributed by atoms with Crippen molar-refractivity contribution < 1.29 is 24.2 Å². The average Bonchev–Trinajstić information content (AvgIpc) is 2.34. The molecular weight excluding hydrogens is 238 g/mol. The number of carboxylic acid groups (broad SMARTS) is 1. The Kier molecular flexibility index (Phi) is 4.53. The summed E-state index contributed by atoms with van der Waals surface area (Å²) in [5, 5.41) is 8.89. The molecule has 1 rings (SSSR count). The van der Waals surface area contributed by atoms with Crippen molar-refractivity contribution in [2.75, 3.05) is 7.11 Å². The van der Waals surface area contributed by atoms with Gasteiger partial charge in [-0.3, -0.25) is 4.79 Å². The molecule has 6 nitrogen and oxygen atoms in total. The van der Waals surface area contributed by atoms with E-state index < -0.39 is 18.0 Å². The molecule has 1 aromatic rings. The van der Waals surface area contributed by atoms with E-state index >= 15 is 0 Å². The summed E-state index contributed by atoms with van der Waals surface area (Å²) >= 11 is 0. The lowest BCUT2D eigenvalue weighted by atomic mass is 10.2. The number of nitrogens with two attached hydrogens (primary N) is 1. The first kappa shape index (κ1) is 13.8. The fraction of sp³-hybridized carbons (Fsp3) is 0.333. The van der Waals surface area contributed by atoms with Crippen LogP contribution in [0.1, 0.15) is 23.7 Å². The maximum absolute atomic E-state index is 11.1. The number of benzene rings is 1. The minimum atomic E-state index is -1.07. The van der Waals surface area contributed by atoms with Gasteiger partial charge in [-0.05, 0) is 18.6 Å². The number of rotatable bonds is 6. The Morgan fingerprint density at radius 3 is 2.39 bits per heavy atom. The van der Waals surface area contributed by atoms with Crippen LogP contribution < -0.4 is 15.2 Å². The van der Waals surface area contributed by atoms with Gasteiger partial charge in [0.1, 0.15) is 11.5 Å². The average molecular weight is 253 g/mol. The van der Waals surface area contributed by atoms with Crippen LogP contribution in [0, 0.1) is 0 Å². The standard InChI is InChI=1S/C12H15NO5/c1-3-10(12(15)16)18-9-5-7(11(13)14)4-8(6-9)17-2/h4-6,10H,3H2,1-2H3,(H2,13,14)(H,15,16). The van der Waals surface area contributed by atoms with Crippen LogP contribution in [0.2, 0.25) is 0 Å². The summed E-state index contributed by atoms with van der Waals surface area (Å²) in [4.78, 5) is 22.0. The van der Waals surface area contributed by atoms with Gasteiger partial charge in [-0.2, -0.15) is 0 Å². The van der Waals surface area contributed by atoms with Crippen molar-refractivity contribution in [3.8, 4) is 11.5 Å². The summed E-state index contributed by atoms with van der Waals surface area (Å²) in [7, 11) is 1.43. The first-order valence-electron chi connectivity index (χ1n) is 5.36. The number of carbonyl (C=O) groups is 2. The van der Waals surface area contributed by atoms with Crippen molar-refractivity contribution in [2.45, 2.75) is 19.4 Å². The van der Waals surface area contributed by atoms with Crippen LogP contribution >= 0.6 is 0 Å². The molecule has 0 saturated heterocycles. The van der Waals surface area contributed by atoms with Crippen molar-refractivity contribution in [3.63, 3.8) is 0 Å². The Hall–Kier alpha value is -2.24. The number of ether oxygens (including phenoxy) is 2. The topological polar surface area (TPSA) is 98.9 Å². The quantitative estimate of drug-likeness (QED) is 0.789. The first-order valence-corrected chi connectivity index (χ1v) is 5.36. The fourth-order valence-corrected chi connectivity index (χ4v) is 1.37. The summed E-state index contributed by atoms with van der Waals surface area (Å²) in [6.45, 7) is 1.69. The van der Waals surface area contributed by atoms with E-state index in [4.69, 9.17) is 20.3 Å². The van der Waals surface area contributed by atoms with Gasteiger partial charge in [-0.15, -0.1) is 0 Å². The third-order valence-electron chi connectivity index (χ3n) is 2.32. The Morgan fingerprint density at radius 2 is 1.94 bits per heavy atom. The Balaban J connectivity index is 3.04. The number of hydrogen-bond donors (Lipinski definition) is 2. The van der Waals surface area contributed by atoms with E-state index in [9.17, 15) is 9.59 Å². The highest BCUT2D eigenvalue weighted by Gasteiger charge is 2.18. The highest BCUT2D eigenvalue weighted by Crippen LogP contribution is 2.24. The number of amides is 1. The number of carbonyl (C=O) groups excluding carboxylic acids is 1. The van der Waals surface area contributed by atoms with E-state index in [1.807, 2.05) is 0 Å². The second-order valence-electron chi connectivity index (χ2n) is 3.61.